The number of hydrogen-bond acceptors (Lipinski definition) is 6. The van der Waals surface area contributed by atoms with Crippen LogP contribution in [0, 0.1) is 11.3 Å². The van der Waals surface area contributed by atoms with E-state index in [2.05, 4.69) is 15.6 Å². The van der Waals surface area contributed by atoms with Gasteiger partial charge in [0.05, 0.1) is 19.9 Å². The number of aromatic nitrogens is 1. The molecule has 1 aromatic carbocycles. The van der Waals surface area contributed by atoms with Gasteiger partial charge in [-0.2, -0.15) is 0 Å². The Morgan fingerprint density at radius 3 is 2.70 bits per heavy atom. The van der Waals surface area contributed by atoms with Crippen molar-refractivity contribution >= 4 is 34.8 Å². The number of amides is 1. The van der Waals surface area contributed by atoms with Gasteiger partial charge in [0.1, 0.15) is 0 Å². The zero-order valence-corrected chi connectivity index (χ0v) is 17.0. The summed E-state index contributed by atoms with van der Waals surface area (Å²) in [6, 6.07) is 5.69. The van der Waals surface area contributed by atoms with Gasteiger partial charge in [0.25, 0.3) is 0 Å². The number of methoxy groups -OCH3 is 2. The molecule has 1 saturated carbocycles. The van der Waals surface area contributed by atoms with Gasteiger partial charge in [-0.25, -0.2) is 4.98 Å². The maximum absolute atomic E-state index is 12.6. The quantitative estimate of drug-likeness (QED) is 0.789. The Balaban J connectivity index is 0.00000210. The minimum Gasteiger partial charge on any atom is -0.493 e. The summed E-state index contributed by atoms with van der Waals surface area (Å²) in [5.74, 6) is 1.59. The smallest absolute Gasteiger partial charge is 0.229 e. The molecule has 1 amide bonds. The third kappa shape index (κ3) is 3.90. The minimum atomic E-state index is 0. The van der Waals surface area contributed by atoms with Crippen LogP contribution in [0.25, 0.3) is 11.3 Å². The largest absolute Gasteiger partial charge is 0.493 e. The Hall–Kier alpha value is -1.83. The number of piperidine rings is 1. The molecule has 1 aromatic heterocycles. The van der Waals surface area contributed by atoms with Gasteiger partial charge in [0.15, 0.2) is 16.6 Å². The number of rotatable bonds is 5. The number of halogens is 1. The van der Waals surface area contributed by atoms with Crippen LogP contribution < -0.4 is 20.1 Å². The second-order valence-corrected chi connectivity index (χ2v) is 7.82. The van der Waals surface area contributed by atoms with Crippen LogP contribution in [0.1, 0.15) is 19.3 Å². The van der Waals surface area contributed by atoms with E-state index in [0.717, 1.165) is 43.6 Å². The van der Waals surface area contributed by atoms with E-state index < -0.39 is 0 Å². The Morgan fingerprint density at radius 2 is 2.00 bits per heavy atom. The fraction of sp³-hybridized carbons (Fsp3) is 0.474. The molecule has 2 N–H and O–H groups in total. The fourth-order valence-electron chi connectivity index (χ4n) is 3.85. The van der Waals surface area contributed by atoms with Crippen molar-refractivity contribution in [1.82, 2.24) is 10.3 Å². The summed E-state index contributed by atoms with van der Waals surface area (Å²) in [6.07, 6.45) is 3.20. The summed E-state index contributed by atoms with van der Waals surface area (Å²) < 4.78 is 10.6. The molecule has 1 atom stereocenters. The maximum atomic E-state index is 12.6. The standard InChI is InChI=1S/C19H23N3O3S.ClH/c1-24-15-4-3-12(9-16(15)25-2)14-11-26-18(21-14)22-17(23)13-10-19(13)5-7-20-8-6-19;/h3-4,9,11,13,20H,5-8,10H2,1-2H3,(H,21,22,23);1H. The topological polar surface area (TPSA) is 72.5 Å². The Bertz CT molecular complexity index is 820. The van der Waals surface area contributed by atoms with Crippen molar-refractivity contribution in [2.45, 2.75) is 19.3 Å². The van der Waals surface area contributed by atoms with Crippen molar-refractivity contribution in [3.05, 3.63) is 23.6 Å². The van der Waals surface area contributed by atoms with Gasteiger partial charge in [-0.3, -0.25) is 4.79 Å². The monoisotopic (exact) mass is 409 g/mol. The number of hydrogen-bond donors (Lipinski definition) is 2. The normalized spacial score (nSPS) is 19.9. The van der Waals surface area contributed by atoms with E-state index in [0.29, 0.717) is 16.6 Å². The van der Waals surface area contributed by atoms with E-state index in [1.807, 2.05) is 23.6 Å². The number of thiazole rings is 1. The van der Waals surface area contributed by atoms with E-state index in [1.54, 1.807) is 14.2 Å². The molecule has 4 rings (SSSR count). The van der Waals surface area contributed by atoms with Crippen LogP contribution in [-0.2, 0) is 4.79 Å². The highest BCUT2D eigenvalue weighted by atomic mass is 35.5. The number of nitrogens with zero attached hydrogens (tertiary/aromatic N) is 1. The van der Waals surface area contributed by atoms with Gasteiger partial charge in [0, 0.05) is 16.9 Å². The number of ether oxygens (including phenoxy) is 2. The van der Waals surface area contributed by atoms with Crippen LogP contribution in [0.5, 0.6) is 11.5 Å². The van der Waals surface area contributed by atoms with Crippen LogP contribution in [0.2, 0.25) is 0 Å². The minimum absolute atomic E-state index is 0. The summed E-state index contributed by atoms with van der Waals surface area (Å²) in [4.78, 5) is 17.1. The summed E-state index contributed by atoms with van der Waals surface area (Å²) in [6.45, 7) is 2.04. The molecular weight excluding hydrogens is 386 g/mol. The summed E-state index contributed by atoms with van der Waals surface area (Å²) in [5.41, 5.74) is 1.98. The van der Waals surface area contributed by atoms with Gasteiger partial charge in [-0.05, 0) is 56.0 Å². The molecule has 2 heterocycles. The van der Waals surface area contributed by atoms with Crippen molar-refractivity contribution in [3.8, 4) is 22.8 Å². The Kier molecular flexibility index (Phi) is 5.93. The molecule has 2 aliphatic rings. The molecule has 1 spiro atoms. The lowest BCUT2D eigenvalue weighted by Crippen LogP contribution is -2.31. The van der Waals surface area contributed by atoms with Crippen LogP contribution in [0.3, 0.4) is 0 Å². The molecule has 0 bridgehead atoms. The van der Waals surface area contributed by atoms with Crippen molar-refractivity contribution in [2.75, 3.05) is 32.6 Å². The van der Waals surface area contributed by atoms with Gasteiger partial charge in [-0.15, -0.1) is 23.7 Å². The Labute approximate surface area is 169 Å². The van der Waals surface area contributed by atoms with E-state index in [9.17, 15) is 4.79 Å². The van der Waals surface area contributed by atoms with Gasteiger partial charge in [-0.1, -0.05) is 0 Å². The lowest BCUT2D eigenvalue weighted by atomic mass is 9.92. The molecule has 8 heteroatoms. The molecule has 146 valence electrons. The number of anilines is 1. The van der Waals surface area contributed by atoms with E-state index in [1.165, 1.54) is 11.3 Å². The molecule has 2 aromatic rings. The van der Waals surface area contributed by atoms with Crippen molar-refractivity contribution < 1.29 is 14.3 Å². The summed E-state index contributed by atoms with van der Waals surface area (Å²) in [7, 11) is 3.22. The summed E-state index contributed by atoms with van der Waals surface area (Å²) >= 11 is 1.45. The molecule has 1 unspecified atom stereocenters. The SMILES string of the molecule is COc1ccc(-c2csc(NC(=O)C3CC34CCNCC4)n2)cc1OC.Cl. The zero-order chi connectivity index (χ0) is 18.1. The van der Waals surface area contributed by atoms with Crippen LogP contribution in [-0.4, -0.2) is 38.2 Å². The molecule has 27 heavy (non-hydrogen) atoms. The maximum Gasteiger partial charge on any atom is 0.229 e. The van der Waals surface area contributed by atoms with Crippen LogP contribution >= 0.6 is 23.7 Å². The fourth-order valence-corrected chi connectivity index (χ4v) is 4.57. The lowest BCUT2D eigenvalue weighted by Gasteiger charge is -2.22. The molecule has 6 nitrogen and oxygen atoms in total. The number of carbonyl (C=O) groups excluding carboxylic acids is 1. The first-order chi connectivity index (χ1) is 12.6. The average Bonchev–Trinajstić information content (AvgIpc) is 3.15. The molecule has 1 aliphatic heterocycles. The highest BCUT2D eigenvalue weighted by molar-refractivity contribution is 7.14. The van der Waals surface area contributed by atoms with Gasteiger partial charge < -0.3 is 20.1 Å². The van der Waals surface area contributed by atoms with E-state index >= 15 is 0 Å². The van der Waals surface area contributed by atoms with Crippen molar-refractivity contribution in [3.63, 3.8) is 0 Å². The third-order valence-corrected chi connectivity index (χ3v) is 6.28. The first-order valence-corrected chi connectivity index (χ1v) is 9.73. The van der Waals surface area contributed by atoms with Crippen LogP contribution in [0.15, 0.2) is 23.6 Å². The predicted octanol–water partition coefficient (Wildman–Crippen LogP) is 3.58. The highest BCUT2D eigenvalue weighted by Crippen LogP contribution is 2.58. The second-order valence-electron chi connectivity index (χ2n) is 6.97. The molecule has 1 aliphatic carbocycles. The number of carbonyl (C=O) groups is 1. The highest BCUT2D eigenvalue weighted by Gasteiger charge is 2.57. The third-order valence-electron chi connectivity index (χ3n) is 5.52. The average molecular weight is 410 g/mol. The molecule has 1 saturated heterocycles. The van der Waals surface area contributed by atoms with Crippen molar-refractivity contribution in [1.29, 1.82) is 0 Å². The van der Waals surface area contributed by atoms with Crippen LogP contribution in [0.4, 0.5) is 5.13 Å². The number of nitrogens with one attached hydrogen (secondary N) is 2. The molecule has 0 radical (unpaired) electrons. The Morgan fingerprint density at radius 1 is 1.26 bits per heavy atom. The zero-order valence-electron chi connectivity index (χ0n) is 15.4. The first-order valence-electron chi connectivity index (χ1n) is 8.85. The second kappa shape index (κ2) is 8.04. The summed E-state index contributed by atoms with van der Waals surface area (Å²) in [5, 5.41) is 8.97. The van der Waals surface area contributed by atoms with E-state index in [4.69, 9.17) is 9.47 Å². The number of benzene rings is 1. The molecule has 2 fully saturated rings. The first kappa shape index (κ1) is 19.9. The molecular formula is C19H24ClN3O3S. The van der Waals surface area contributed by atoms with Crippen molar-refractivity contribution in [2.24, 2.45) is 11.3 Å². The predicted molar refractivity (Wildman–Crippen MR) is 109 cm³/mol. The van der Waals surface area contributed by atoms with Gasteiger partial charge >= 0.3 is 0 Å². The van der Waals surface area contributed by atoms with Gasteiger partial charge in [0.2, 0.25) is 5.91 Å². The van der Waals surface area contributed by atoms with E-state index in [-0.39, 0.29) is 29.6 Å². The lowest BCUT2D eigenvalue weighted by molar-refractivity contribution is -0.118.